The van der Waals surface area contributed by atoms with Gasteiger partial charge in [-0.25, -0.2) is 0 Å². The van der Waals surface area contributed by atoms with E-state index in [0.29, 0.717) is 67.6 Å². The molecule has 7 heteroatoms. The highest BCUT2D eigenvalue weighted by Gasteiger charge is 2.18. The molecule has 0 bridgehead atoms. The van der Waals surface area contributed by atoms with Gasteiger partial charge in [0.05, 0.1) is 13.2 Å². The number of carboxylic acid groups (broad SMARTS) is 1. The molecule has 0 aliphatic heterocycles. The summed E-state index contributed by atoms with van der Waals surface area (Å²) in [6, 6.07) is 0.623. The molecule has 0 saturated heterocycles. The van der Waals surface area contributed by atoms with Crippen LogP contribution in [0.1, 0.15) is 223 Å². The van der Waals surface area contributed by atoms with E-state index in [2.05, 4.69) is 81.2 Å². The zero-order chi connectivity index (χ0) is 42.6. The number of ether oxygens (including phenoxy) is 2. The molecule has 1 N–H and O–H groups in total. The maximum absolute atomic E-state index is 12.3. The van der Waals surface area contributed by atoms with Crippen LogP contribution in [0, 0.1) is 41.4 Å². The molecule has 0 saturated carbocycles. The first kappa shape index (κ1) is 56.5. The van der Waals surface area contributed by atoms with Crippen molar-refractivity contribution in [2.75, 3.05) is 26.8 Å². The van der Waals surface area contributed by atoms with Gasteiger partial charge < -0.3 is 19.5 Å². The molecule has 0 aliphatic rings. The summed E-state index contributed by atoms with van der Waals surface area (Å²) < 4.78 is 11.3. The van der Waals surface area contributed by atoms with Gasteiger partial charge in [-0.2, -0.15) is 0 Å². The third-order valence-corrected chi connectivity index (χ3v) is 12.0. The molecule has 7 nitrogen and oxygen atoms in total. The van der Waals surface area contributed by atoms with Crippen molar-refractivity contribution in [2.24, 2.45) is 41.4 Å². The van der Waals surface area contributed by atoms with E-state index in [1.165, 1.54) is 109 Å². The van der Waals surface area contributed by atoms with Crippen LogP contribution in [0.15, 0.2) is 0 Å². The molecule has 0 aromatic heterocycles. The van der Waals surface area contributed by atoms with E-state index < -0.39 is 0 Å². The second-order valence-electron chi connectivity index (χ2n) is 19.0. The average molecular weight is 796 g/mol. The molecule has 0 aromatic rings. The second kappa shape index (κ2) is 38.9. The molecule has 2 atom stereocenters. The highest BCUT2D eigenvalue weighted by molar-refractivity contribution is 5.69. The Balaban J connectivity index is 0. The fraction of sp³-hybridized carbons (Fsp3) is 0.939. The Labute approximate surface area is 349 Å². The van der Waals surface area contributed by atoms with Crippen molar-refractivity contribution in [1.82, 2.24) is 4.90 Å². The maximum atomic E-state index is 12.3. The zero-order valence-electron chi connectivity index (χ0n) is 39.2. The van der Waals surface area contributed by atoms with Crippen molar-refractivity contribution in [3.05, 3.63) is 0 Å². The number of hydrogen-bond donors (Lipinski definition) is 1. The predicted octanol–water partition coefficient (Wildman–Crippen LogP) is 13.9. The lowest BCUT2D eigenvalue weighted by atomic mass is 9.89. The number of rotatable bonds is 37. The minimum atomic E-state index is -0.250. The molecule has 334 valence electrons. The van der Waals surface area contributed by atoms with Gasteiger partial charge >= 0.3 is 11.9 Å². The Kier molecular flexibility index (Phi) is 39.2. The molecule has 0 amide bonds. The van der Waals surface area contributed by atoms with Gasteiger partial charge in [-0.3, -0.25) is 14.4 Å². The third-order valence-electron chi connectivity index (χ3n) is 12.0. The van der Waals surface area contributed by atoms with Crippen LogP contribution in [0.25, 0.3) is 0 Å². The van der Waals surface area contributed by atoms with E-state index in [4.69, 9.17) is 19.4 Å². The van der Waals surface area contributed by atoms with E-state index in [9.17, 15) is 9.59 Å². The summed E-state index contributed by atoms with van der Waals surface area (Å²) in [5.41, 5.74) is 0. The number of unbranched alkanes of at least 4 members (excludes halogenated alkanes) is 12. The summed E-state index contributed by atoms with van der Waals surface area (Å²) in [4.78, 5) is 35.5. The van der Waals surface area contributed by atoms with E-state index in [1.54, 1.807) is 0 Å². The van der Waals surface area contributed by atoms with Gasteiger partial charge in [0.25, 0.3) is 6.47 Å². The summed E-state index contributed by atoms with van der Waals surface area (Å²) in [6.45, 7) is 24.8. The Morgan fingerprint density at radius 1 is 0.500 bits per heavy atom. The lowest BCUT2D eigenvalue weighted by Gasteiger charge is -2.23. The normalized spacial score (nSPS) is 13.4. The van der Waals surface area contributed by atoms with Crippen LogP contribution in [-0.4, -0.2) is 61.3 Å². The topological polar surface area (TPSA) is 93.1 Å². The van der Waals surface area contributed by atoms with E-state index >= 15 is 0 Å². The molecule has 0 aromatic carbocycles. The van der Waals surface area contributed by atoms with Crippen molar-refractivity contribution < 1.29 is 29.0 Å². The van der Waals surface area contributed by atoms with Gasteiger partial charge in [-0.15, -0.1) is 0 Å². The average Bonchev–Trinajstić information content (AvgIpc) is 3.12. The first-order chi connectivity index (χ1) is 26.6. The lowest BCUT2D eigenvalue weighted by Crippen LogP contribution is -2.27. The van der Waals surface area contributed by atoms with Crippen LogP contribution in [0.5, 0.6) is 0 Å². The molecule has 0 radical (unpaired) electrons. The van der Waals surface area contributed by atoms with Gasteiger partial charge in [0.2, 0.25) is 0 Å². The van der Waals surface area contributed by atoms with E-state index in [-0.39, 0.29) is 18.4 Å². The van der Waals surface area contributed by atoms with Crippen molar-refractivity contribution in [3.8, 4) is 0 Å². The standard InChI is InChI=1S/C48H95NO4.CH2O2/c1-39(2)32-34-45(41(5)6)37-52-47(50)30-24-20-16-12-14-18-22-27-44(29-26-36-49(11)43(9)10)28-23-19-15-13-17-21-25-31-48(51)53-38-46(42(7)8)35-33-40(3)4;2-1-3/h39-46H,12-38H2,1-11H3;1H,(H,2,3). The third kappa shape index (κ3) is 37.9. The van der Waals surface area contributed by atoms with E-state index in [1.807, 2.05) is 0 Å². The fourth-order valence-corrected chi connectivity index (χ4v) is 7.35. The molecular weight excluding hydrogens is 699 g/mol. The van der Waals surface area contributed by atoms with Crippen molar-refractivity contribution in [2.45, 2.75) is 229 Å². The van der Waals surface area contributed by atoms with Crippen LogP contribution < -0.4 is 0 Å². The van der Waals surface area contributed by atoms with Gasteiger partial charge in [-0.05, 0) is 107 Å². The predicted molar refractivity (Wildman–Crippen MR) is 239 cm³/mol. The molecule has 0 fully saturated rings. The number of hydrogen-bond acceptors (Lipinski definition) is 6. The highest BCUT2D eigenvalue weighted by atomic mass is 16.5. The molecule has 0 spiro atoms. The fourth-order valence-electron chi connectivity index (χ4n) is 7.35. The number of esters is 2. The minimum Gasteiger partial charge on any atom is -0.483 e. The Morgan fingerprint density at radius 2 is 0.821 bits per heavy atom. The monoisotopic (exact) mass is 796 g/mol. The van der Waals surface area contributed by atoms with Crippen LogP contribution >= 0.6 is 0 Å². The molecule has 56 heavy (non-hydrogen) atoms. The van der Waals surface area contributed by atoms with Crippen LogP contribution in [-0.2, 0) is 23.9 Å². The Bertz CT molecular complexity index is 830. The SMILES string of the molecule is CC(C)CCC(COC(=O)CCCCCCCCCC(CCCCCCCCCC(=O)OCC(CCC(C)C)C(C)C)CCCN(C)C(C)C)C(C)C.O=CO. The molecule has 2 unspecified atom stereocenters. The van der Waals surface area contributed by atoms with Gasteiger partial charge in [0, 0.05) is 18.9 Å². The van der Waals surface area contributed by atoms with Gasteiger partial charge in [-0.1, -0.05) is 158 Å². The van der Waals surface area contributed by atoms with Crippen molar-refractivity contribution >= 4 is 18.4 Å². The van der Waals surface area contributed by atoms with Crippen LogP contribution in [0.3, 0.4) is 0 Å². The maximum Gasteiger partial charge on any atom is 0.305 e. The molecular formula is C49H97NO6. The second-order valence-corrected chi connectivity index (χ2v) is 19.0. The van der Waals surface area contributed by atoms with Crippen LogP contribution in [0.4, 0.5) is 0 Å². The van der Waals surface area contributed by atoms with Crippen molar-refractivity contribution in [3.63, 3.8) is 0 Å². The summed E-state index contributed by atoms with van der Waals surface area (Å²) in [7, 11) is 2.26. The number of carbonyl (C=O) groups is 3. The minimum absolute atomic E-state index is 0.00255. The molecule has 0 aliphatic carbocycles. The summed E-state index contributed by atoms with van der Waals surface area (Å²) in [6.07, 6.45) is 28.7. The Hall–Kier alpha value is -1.63. The van der Waals surface area contributed by atoms with Crippen LogP contribution in [0.2, 0.25) is 0 Å². The quantitative estimate of drug-likeness (QED) is 0.0380. The largest absolute Gasteiger partial charge is 0.483 e. The summed E-state index contributed by atoms with van der Waals surface area (Å²) >= 11 is 0. The summed E-state index contributed by atoms with van der Waals surface area (Å²) in [5.74, 6) is 4.38. The molecule has 0 heterocycles. The number of nitrogens with zero attached hydrogens (tertiary/aromatic N) is 1. The van der Waals surface area contributed by atoms with E-state index in [0.717, 1.165) is 44.4 Å². The molecule has 0 rings (SSSR count). The summed E-state index contributed by atoms with van der Waals surface area (Å²) in [5, 5.41) is 6.89. The number of carbonyl (C=O) groups excluding carboxylic acids is 2. The zero-order valence-corrected chi connectivity index (χ0v) is 39.2. The first-order valence-corrected chi connectivity index (χ1v) is 23.7. The first-order valence-electron chi connectivity index (χ1n) is 23.7. The highest BCUT2D eigenvalue weighted by Crippen LogP contribution is 2.25. The lowest BCUT2D eigenvalue weighted by molar-refractivity contribution is -0.146. The smallest absolute Gasteiger partial charge is 0.305 e. The van der Waals surface area contributed by atoms with Gasteiger partial charge in [0.15, 0.2) is 0 Å². The Morgan fingerprint density at radius 3 is 1.14 bits per heavy atom. The van der Waals surface area contributed by atoms with Crippen molar-refractivity contribution in [1.29, 1.82) is 0 Å². The van der Waals surface area contributed by atoms with Gasteiger partial charge in [0.1, 0.15) is 0 Å².